The Morgan fingerprint density at radius 1 is 1.32 bits per heavy atom. The molecule has 9 heteroatoms. The number of benzene rings is 1. The Kier molecular flexibility index (Phi) is 4.54. The van der Waals surface area contributed by atoms with Gasteiger partial charge in [-0.2, -0.15) is 4.98 Å². The minimum atomic E-state index is -0.470. The van der Waals surface area contributed by atoms with E-state index < -0.39 is 5.92 Å². The molecule has 3 aromatic rings. The van der Waals surface area contributed by atoms with Crippen molar-refractivity contribution in [3.63, 3.8) is 0 Å². The third-order valence-corrected chi connectivity index (χ3v) is 6.05. The normalized spacial score (nSPS) is 16.8. The van der Waals surface area contributed by atoms with Gasteiger partial charge >= 0.3 is 0 Å². The molecule has 1 fully saturated rings. The number of methoxy groups -OCH3 is 1. The number of nitrogens with one attached hydrogen (secondary N) is 1. The van der Waals surface area contributed by atoms with Gasteiger partial charge in [-0.05, 0) is 38.5 Å². The van der Waals surface area contributed by atoms with E-state index in [0.717, 1.165) is 21.1 Å². The Morgan fingerprint density at radius 2 is 2.11 bits per heavy atom. The summed E-state index contributed by atoms with van der Waals surface area (Å²) in [6.45, 7) is 6.22. The minimum absolute atomic E-state index is 0.102. The minimum Gasteiger partial charge on any atom is -0.495 e. The highest BCUT2D eigenvalue weighted by Gasteiger charge is 2.36. The van der Waals surface area contributed by atoms with Gasteiger partial charge in [-0.3, -0.25) is 14.9 Å². The van der Waals surface area contributed by atoms with E-state index in [4.69, 9.17) is 4.74 Å². The first-order chi connectivity index (χ1) is 13.4. The highest BCUT2D eigenvalue weighted by atomic mass is 32.1. The van der Waals surface area contributed by atoms with E-state index in [2.05, 4.69) is 15.4 Å². The molecule has 2 aromatic heterocycles. The number of anilines is 2. The fourth-order valence-electron chi connectivity index (χ4n) is 3.33. The lowest BCUT2D eigenvalue weighted by Gasteiger charge is -2.20. The van der Waals surface area contributed by atoms with Crippen molar-refractivity contribution in [2.75, 3.05) is 23.9 Å². The van der Waals surface area contributed by atoms with Crippen LogP contribution in [0.5, 0.6) is 5.75 Å². The zero-order valence-electron chi connectivity index (χ0n) is 16.1. The molecule has 28 heavy (non-hydrogen) atoms. The van der Waals surface area contributed by atoms with Gasteiger partial charge in [-0.25, -0.2) is 4.52 Å². The largest absolute Gasteiger partial charge is 0.495 e. The summed E-state index contributed by atoms with van der Waals surface area (Å²) in [6.07, 6.45) is 0.142. The lowest BCUT2D eigenvalue weighted by Crippen LogP contribution is -2.28. The van der Waals surface area contributed by atoms with Crippen LogP contribution in [0.3, 0.4) is 0 Å². The molecule has 1 aliphatic rings. The maximum atomic E-state index is 12.7. The van der Waals surface area contributed by atoms with Crippen LogP contribution in [-0.2, 0) is 9.59 Å². The quantitative estimate of drug-likeness (QED) is 0.729. The average molecular weight is 399 g/mol. The van der Waals surface area contributed by atoms with Gasteiger partial charge in [0.15, 0.2) is 0 Å². The van der Waals surface area contributed by atoms with Gasteiger partial charge in [-0.15, -0.1) is 5.10 Å². The molecular formula is C19H21N5O3S. The molecule has 0 saturated carbocycles. The number of rotatable bonds is 4. The third kappa shape index (κ3) is 3.11. The SMILES string of the molecule is COc1ccc(C)cc1N1CC(C(=O)Nc2nc3sc(C)c(C)n3n2)CC1=O. The van der Waals surface area contributed by atoms with Crippen molar-refractivity contribution in [1.82, 2.24) is 14.6 Å². The molecule has 1 aromatic carbocycles. The summed E-state index contributed by atoms with van der Waals surface area (Å²) in [5.74, 6) is 0.0479. The van der Waals surface area contributed by atoms with Gasteiger partial charge in [0, 0.05) is 17.8 Å². The van der Waals surface area contributed by atoms with Crippen molar-refractivity contribution in [1.29, 1.82) is 0 Å². The van der Waals surface area contributed by atoms with E-state index in [1.165, 1.54) is 11.3 Å². The summed E-state index contributed by atoms with van der Waals surface area (Å²) in [5.41, 5.74) is 2.71. The zero-order chi connectivity index (χ0) is 20.0. The van der Waals surface area contributed by atoms with Crippen molar-refractivity contribution in [3.8, 4) is 5.75 Å². The Bertz CT molecular complexity index is 1090. The topological polar surface area (TPSA) is 88.8 Å². The zero-order valence-corrected chi connectivity index (χ0v) is 17.0. The predicted molar refractivity (Wildman–Crippen MR) is 107 cm³/mol. The molecule has 8 nitrogen and oxygen atoms in total. The summed E-state index contributed by atoms with van der Waals surface area (Å²) >= 11 is 1.52. The number of thiazole rings is 1. The maximum Gasteiger partial charge on any atom is 0.250 e. The number of fused-ring (bicyclic) bond motifs is 1. The molecule has 1 atom stereocenters. The first-order valence-electron chi connectivity index (χ1n) is 8.96. The van der Waals surface area contributed by atoms with Crippen molar-refractivity contribution in [2.24, 2.45) is 5.92 Å². The van der Waals surface area contributed by atoms with Crippen LogP contribution in [0.15, 0.2) is 18.2 Å². The van der Waals surface area contributed by atoms with Crippen molar-refractivity contribution in [2.45, 2.75) is 27.2 Å². The van der Waals surface area contributed by atoms with Crippen molar-refractivity contribution in [3.05, 3.63) is 34.3 Å². The Morgan fingerprint density at radius 3 is 2.82 bits per heavy atom. The Hall–Kier alpha value is -2.94. The van der Waals surface area contributed by atoms with Crippen molar-refractivity contribution >= 4 is 39.7 Å². The van der Waals surface area contributed by atoms with E-state index >= 15 is 0 Å². The second kappa shape index (κ2) is 6.90. The molecule has 146 valence electrons. The number of ether oxygens (including phenoxy) is 1. The smallest absolute Gasteiger partial charge is 0.250 e. The van der Waals surface area contributed by atoms with Gasteiger partial charge in [-0.1, -0.05) is 17.4 Å². The molecule has 1 aliphatic heterocycles. The van der Waals surface area contributed by atoms with E-state index in [-0.39, 0.29) is 24.2 Å². The molecule has 0 radical (unpaired) electrons. The number of hydrogen-bond acceptors (Lipinski definition) is 6. The third-order valence-electron chi connectivity index (χ3n) is 5.01. The summed E-state index contributed by atoms with van der Waals surface area (Å²) in [4.78, 5) is 33.1. The molecule has 1 N–H and O–H groups in total. The second-order valence-electron chi connectivity index (χ2n) is 6.94. The molecule has 1 saturated heterocycles. The molecule has 2 amide bonds. The van der Waals surface area contributed by atoms with Gasteiger partial charge in [0.25, 0.3) is 0 Å². The van der Waals surface area contributed by atoms with Gasteiger partial charge < -0.3 is 9.64 Å². The van der Waals surface area contributed by atoms with Crippen LogP contribution in [-0.4, -0.2) is 40.1 Å². The summed E-state index contributed by atoms with van der Waals surface area (Å²) in [6, 6.07) is 5.65. The average Bonchev–Trinajstić information content (AvgIpc) is 3.30. The lowest BCUT2D eigenvalue weighted by atomic mass is 10.1. The van der Waals surface area contributed by atoms with Gasteiger partial charge in [0.05, 0.1) is 24.4 Å². The number of carbonyl (C=O) groups is 2. The highest BCUT2D eigenvalue weighted by molar-refractivity contribution is 7.17. The number of aryl methyl sites for hydroxylation is 3. The molecule has 0 spiro atoms. The van der Waals surface area contributed by atoms with Crippen LogP contribution in [0.25, 0.3) is 4.96 Å². The van der Waals surface area contributed by atoms with Crippen LogP contribution in [0.1, 0.15) is 22.6 Å². The Labute approximate surface area is 166 Å². The summed E-state index contributed by atoms with van der Waals surface area (Å²) in [7, 11) is 1.57. The first kappa shape index (κ1) is 18.4. The first-order valence-corrected chi connectivity index (χ1v) is 9.77. The van der Waals surface area contributed by atoms with E-state index in [0.29, 0.717) is 18.0 Å². The van der Waals surface area contributed by atoms with Gasteiger partial charge in [0.1, 0.15) is 5.75 Å². The van der Waals surface area contributed by atoms with Gasteiger partial charge in [0.2, 0.25) is 22.7 Å². The standard InChI is InChI=1S/C19H21N5O3S/c1-10-5-6-15(27-4)14(7-10)23-9-13(8-16(23)25)17(26)20-18-21-19-24(22-18)11(2)12(3)28-19/h5-7,13H,8-9H2,1-4H3,(H,20,22,26). The fraction of sp³-hybridized carbons (Fsp3) is 0.368. The van der Waals surface area contributed by atoms with Crippen molar-refractivity contribution < 1.29 is 14.3 Å². The van der Waals surface area contributed by atoms with Crippen LogP contribution in [0, 0.1) is 26.7 Å². The summed E-state index contributed by atoms with van der Waals surface area (Å²) < 4.78 is 7.10. The molecule has 1 unspecified atom stereocenters. The molecule has 4 rings (SSSR count). The van der Waals surface area contributed by atoms with E-state index in [1.54, 1.807) is 16.5 Å². The van der Waals surface area contributed by atoms with E-state index in [9.17, 15) is 9.59 Å². The molecular weight excluding hydrogens is 378 g/mol. The van der Waals surface area contributed by atoms with Crippen LogP contribution in [0.4, 0.5) is 11.6 Å². The fourth-order valence-corrected chi connectivity index (χ4v) is 4.24. The Balaban J connectivity index is 1.51. The van der Waals surface area contributed by atoms with E-state index in [1.807, 2.05) is 39.0 Å². The second-order valence-corrected chi connectivity index (χ2v) is 8.13. The number of aromatic nitrogens is 3. The molecule has 0 aliphatic carbocycles. The van der Waals surface area contributed by atoms with Crippen LogP contribution >= 0.6 is 11.3 Å². The summed E-state index contributed by atoms with van der Waals surface area (Å²) in [5, 5.41) is 7.10. The lowest BCUT2D eigenvalue weighted by molar-refractivity contribution is -0.122. The number of hydrogen-bond donors (Lipinski definition) is 1. The number of nitrogens with zero attached hydrogens (tertiary/aromatic N) is 4. The van der Waals surface area contributed by atoms with Crippen LogP contribution in [0.2, 0.25) is 0 Å². The molecule has 0 bridgehead atoms. The molecule has 3 heterocycles. The predicted octanol–water partition coefficient (Wildman–Crippen LogP) is 2.72. The van der Waals surface area contributed by atoms with Crippen LogP contribution < -0.4 is 15.0 Å². The maximum absolute atomic E-state index is 12.7. The highest BCUT2D eigenvalue weighted by Crippen LogP contribution is 2.34. The monoisotopic (exact) mass is 399 g/mol. The number of amides is 2. The number of carbonyl (C=O) groups excluding carboxylic acids is 2.